The predicted octanol–water partition coefficient (Wildman–Crippen LogP) is 1.80. The summed E-state index contributed by atoms with van der Waals surface area (Å²) in [6.07, 6.45) is 2.60. The van der Waals surface area contributed by atoms with Crippen molar-refractivity contribution < 1.29 is 9.53 Å². The molecular formula is C13H22N4O2S. The minimum atomic E-state index is -0.407. The number of nitrogens with one attached hydrogen (secondary N) is 1. The smallest absolute Gasteiger partial charge is 0.344 e. The van der Waals surface area contributed by atoms with Gasteiger partial charge in [0, 0.05) is 19.1 Å². The van der Waals surface area contributed by atoms with Crippen LogP contribution < -0.4 is 11.1 Å². The van der Waals surface area contributed by atoms with E-state index in [2.05, 4.69) is 21.5 Å². The topological polar surface area (TPSA) is 80.5 Å². The van der Waals surface area contributed by atoms with Gasteiger partial charge in [-0.05, 0) is 37.8 Å². The van der Waals surface area contributed by atoms with E-state index in [1.54, 1.807) is 6.92 Å². The van der Waals surface area contributed by atoms with Crippen molar-refractivity contribution in [3.63, 3.8) is 0 Å². The average Bonchev–Trinajstić information content (AvgIpc) is 3.19. The number of carbonyl (C=O) groups excluding carboxylic acids is 1. The van der Waals surface area contributed by atoms with Crippen LogP contribution in [0.15, 0.2) is 0 Å². The number of ether oxygens (including phenoxy) is 1. The standard InChI is InChI=1S/C13H22N4O2S/c1-3-17(9-5-6-9)8-7-15-12-10(11(14)16-20-12)13(18)19-4-2/h9,15H,3-8H2,1-2H3,(H2,14,16). The largest absolute Gasteiger partial charge is 0.462 e. The highest BCUT2D eigenvalue weighted by atomic mass is 32.1. The van der Waals surface area contributed by atoms with Gasteiger partial charge in [-0.2, -0.15) is 4.37 Å². The maximum atomic E-state index is 11.8. The van der Waals surface area contributed by atoms with E-state index >= 15 is 0 Å². The van der Waals surface area contributed by atoms with Crippen LogP contribution in [0.1, 0.15) is 37.0 Å². The van der Waals surface area contributed by atoms with E-state index in [0.717, 1.165) is 25.7 Å². The second-order valence-corrected chi connectivity index (χ2v) is 5.55. The van der Waals surface area contributed by atoms with Crippen molar-refractivity contribution >= 4 is 28.3 Å². The summed E-state index contributed by atoms with van der Waals surface area (Å²) in [5.74, 6) is -0.165. The Hall–Kier alpha value is -1.34. The Morgan fingerprint density at radius 1 is 1.55 bits per heavy atom. The van der Waals surface area contributed by atoms with Crippen molar-refractivity contribution in [2.24, 2.45) is 0 Å². The number of nitrogens with two attached hydrogens (primary N) is 1. The lowest BCUT2D eigenvalue weighted by Crippen LogP contribution is -2.31. The molecule has 1 aromatic heterocycles. The fourth-order valence-corrected chi connectivity index (χ4v) is 2.90. The molecule has 1 saturated carbocycles. The average molecular weight is 298 g/mol. The zero-order valence-electron chi connectivity index (χ0n) is 12.0. The van der Waals surface area contributed by atoms with Crippen LogP contribution in [-0.4, -0.2) is 47.5 Å². The lowest BCUT2D eigenvalue weighted by atomic mass is 10.3. The van der Waals surface area contributed by atoms with Gasteiger partial charge in [-0.25, -0.2) is 4.79 Å². The van der Waals surface area contributed by atoms with Crippen molar-refractivity contribution in [3.8, 4) is 0 Å². The Morgan fingerprint density at radius 3 is 2.90 bits per heavy atom. The minimum Gasteiger partial charge on any atom is -0.462 e. The van der Waals surface area contributed by atoms with Crippen LogP contribution in [0, 0.1) is 0 Å². The zero-order chi connectivity index (χ0) is 14.5. The molecule has 1 aromatic rings. The van der Waals surface area contributed by atoms with Gasteiger partial charge in [-0.1, -0.05) is 6.92 Å². The SMILES string of the molecule is CCOC(=O)c1c(N)nsc1NCCN(CC)C1CC1. The molecule has 1 heterocycles. The molecule has 6 nitrogen and oxygen atoms in total. The van der Waals surface area contributed by atoms with Gasteiger partial charge in [-0.15, -0.1) is 0 Å². The summed E-state index contributed by atoms with van der Waals surface area (Å²) in [7, 11) is 0. The normalized spacial score (nSPS) is 14.6. The quantitative estimate of drug-likeness (QED) is 0.712. The molecule has 0 spiro atoms. The fourth-order valence-electron chi connectivity index (χ4n) is 2.18. The number of nitrogen functional groups attached to an aromatic ring is 1. The summed E-state index contributed by atoms with van der Waals surface area (Å²) in [5.41, 5.74) is 6.10. The van der Waals surface area contributed by atoms with Crippen LogP contribution in [0.5, 0.6) is 0 Å². The van der Waals surface area contributed by atoms with E-state index in [1.165, 1.54) is 24.4 Å². The van der Waals surface area contributed by atoms with Gasteiger partial charge in [0.2, 0.25) is 0 Å². The number of carbonyl (C=O) groups is 1. The van der Waals surface area contributed by atoms with Crippen LogP contribution in [0.2, 0.25) is 0 Å². The first-order chi connectivity index (χ1) is 9.67. The summed E-state index contributed by atoms with van der Waals surface area (Å²) < 4.78 is 9.03. The number of rotatable bonds is 8. The number of nitrogens with zero attached hydrogens (tertiary/aromatic N) is 2. The molecule has 7 heteroatoms. The van der Waals surface area contributed by atoms with Crippen LogP contribution in [0.3, 0.4) is 0 Å². The molecule has 0 saturated heterocycles. The second kappa shape index (κ2) is 6.90. The van der Waals surface area contributed by atoms with Crippen molar-refractivity contribution in [3.05, 3.63) is 5.56 Å². The highest BCUT2D eigenvalue weighted by Gasteiger charge is 2.27. The summed E-state index contributed by atoms with van der Waals surface area (Å²) in [6.45, 7) is 7.07. The van der Waals surface area contributed by atoms with Gasteiger partial charge in [0.1, 0.15) is 10.6 Å². The zero-order valence-corrected chi connectivity index (χ0v) is 12.8. The minimum absolute atomic E-state index is 0.241. The molecule has 0 atom stereocenters. The summed E-state index contributed by atoms with van der Waals surface area (Å²) in [5, 5.41) is 3.96. The molecule has 112 valence electrons. The Morgan fingerprint density at radius 2 is 2.30 bits per heavy atom. The van der Waals surface area contributed by atoms with Gasteiger partial charge in [0.25, 0.3) is 0 Å². The molecule has 1 aliphatic carbocycles. The third-order valence-corrected chi connectivity index (χ3v) is 4.17. The lowest BCUT2D eigenvalue weighted by molar-refractivity contribution is 0.0529. The van der Waals surface area contributed by atoms with Gasteiger partial charge in [0.05, 0.1) is 6.61 Å². The first-order valence-electron chi connectivity index (χ1n) is 7.07. The lowest BCUT2D eigenvalue weighted by Gasteiger charge is -2.19. The van der Waals surface area contributed by atoms with Crippen molar-refractivity contribution in [1.82, 2.24) is 9.27 Å². The molecule has 1 aliphatic rings. The summed E-state index contributed by atoms with van der Waals surface area (Å²) >= 11 is 1.21. The molecule has 0 aliphatic heterocycles. The number of likely N-dealkylation sites (N-methyl/N-ethyl adjacent to an activating group) is 1. The number of esters is 1. The molecule has 1 fully saturated rings. The first-order valence-corrected chi connectivity index (χ1v) is 7.84. The van der Waals surface area contributed by atoms with Crippen LogP contribution in [-0.2, 0) is 4.74 Å². The highest BCUT2D eigenvalue weighted by molar-refractivity contribution is 7.11. The maximum absolute atomic E-state index is 11.8. The first kappa shape index (κ1) is 15.1. The maximum Gasteiger partial charge on any atom is 0.344 e. The van der Waals surface area contributed by atoms with Crippen molar-refractivity contribution in [1.29, 1.82) is 0 Å². The van der Waals surface area contributed by atoms with Crippen LogP contribution >= 0.6 is 11.5 Å². The predicted molar refractivity (Wildman–Crippen MR) is 81.2 cm³/mol. The molecule has 0 amide bonds. The Kier molecular flexibility index (Phi) is 5.19. The van der Waals surface area contributed by atoms with E-state index in [1.807, 2.05) is 0 Å². The Balaban J connectivity index is 1.90. The molecular weight excluding hydrogens is 276 g/mol. The van der Waals surface area contributed by atoms with E-state index in [0.29, 0.717) is 17.2 Å². The van der Waals surface area contributed by atoms with E-state index < -0.39 is 5.97 Å². The number of hydrogen-bond donors (Lipinski definition) is 2. The summed E-state index contributed by atoms with van der Waals surface area (Å²) in [6, 6.07) is 0.748. The van der Waals surface area contributed by atoms with E-state index in [-0.39, 0.29) is 5.82 Å². The number of anilines is 2. The van der Waals surface area contributed by atoms with E-state index in [9.17, 15) is 4.79 Å². The van der Waals surface area contributed by atoms with Gasteiger partial charge in [-0.3, -0.25) is 4.90 Å². The molecule has 0 unspecified atom stereocenters. The molecule has 3 N–H and O–H groups in total. The molecule has 0 radical (unpaired) electrons. The van der Waals surface area contributed by atoms with E-state index in [4.69, 9.17) is 10.5 Å². The molecule has 20 heavy (non-hydrogen) atoms. The number of hydrogen-bond acceptors (Lipinski definition) is 7. The second-order valence-electron chi connectivity index (χ2n) is 4.78. The number of aromatic nitrogens is 1. The third-order valence-electron chi connectivity index (χ3n) is 3.35. The monoisotopic (exact) mass is 298 g/mol. The molecule has 0 aromatic carbocycles. The van der Waals surface area contributed by atoms with Gasteiger partial charge in [0.15, 0.2) is 5.82 Å². The van der Waals surface area contributed by atoms with Gasteiger partial charge >= 0.3 is 5.97 Å². The molecule has 2 rings (SSSR count). The summed E-state index contributed by atoms with van der Waals surface area (Å²) in [4.78, 5) is 14.3. The Bertz CT molecular complexity index is 459. The molecule has 0 bridgehead atoms. The van der Waals surface area contributed by atoms with Crippen molar-refractivity contribution in [2.75, 3.05) is 37.3 Å². The van der Waals surface area contributed by atoms with Crippen LogP contribution in [0.25, 0.3) is 0 Å². The third kappa shape index (κ3) is 3.61. The fraction of sp³-hybridized carbons (Fsp3) is 0.692. The van der Waals surface area contributed by atoms with Gasteiger partial charge < -0.3 is 15.8 Å². The van der Waals surface area contributed by atoms with Crippen LogP contribution in [0.4, 0.5) is 10.8 Å². The van der Waals surface area contributed by atoms with Crippen molar-refractivity contribution in [2.45, 2.75) is 32.7 Å². The Labute approximate surface area is 123 Å². The highest BCUT2D eigenvalue weighted by Crippen LogP contribution is 2.28.